The first-order chi connectivity index (χ1) is 11.4. The first-order valence-corrected chi connectivity index (χ1v) is 10.7. The van der Waals surface area contributed by atoms with Gasteiger partial charge in [-0.3, -0.25) is 4.99 Å². The summed E-state index contributed by atoms with van der Waals surface area (Å²) in [5.41, 5.74) is -5.23. The summed E-state index contributed by atoms with van der Waals surface area (Å²) in [7, 11) is -3.56. The lowest BCUT2D eigenvalue weighted by Gasteiger charge is -2.32. The van der Waals surface area contributed by atoms with Crippen LogP contribution >= 0.6 is 35.7 Å². The van der Waals surface area contributed by atoms with E-state index in [1.807, 2.05) is 6.26 Å². The fourth-order valence-corrected chi connectivity index (χ4v) is 3.53. The minimum Gasteiger partial charge on any atom is -0.356 e. The Morgan fingerprint density at radius 1 is 1.23 bits per heavy atom. The summed E-state index contributed by atoms with van der Waals surface area (Å²) in [6.07, 6.45) is 2.80. The molecule has 1 heterocycles. The molecular formula is C14H28F3IN4O2S2. The van der Waals surface area contributed by atoms with Gasteiger partial charge in [0.2, 0.25) is 0 Å². The number of piperidine rings is 1. The number of rotatable bonds is 6. The van der Waals surface area contributed by atoms with Gasteiger partial charge in [0.25, 0.3) is 0 Å². The molecular weight excluding hydrogens is 504 g/mol. The smallest absolute Gasteiger partial charge is 0.356 e. The Morgan fingerprint density at radius 2 is 1.77 bits per heavy atom. The van der Waals surface area contributed by atoms with Gasteiger partial charge in [0, 0.05) is 38.0 Å². The Morgan fingerprint density at radius 3 is 2.19 bits per heavy atom. The highest BCUT2D eigenvalue weighted by atomic mass is 127. The molecule has 12 heteroatoms. The van der Waals surface area contributed by atoms with Crippen LogP contribution in [0.1, 0.15) is 26.7 Å². The average molecular weight is 532 g/mol. The number of hydrogen-bond donors (Lipinski definition) is 2. The third kappa shape index (κ3) is 7.58. The Labute approximate surface area is 175 Å². The second-order valence-corrected chi connectivity index (χ2v) is 10.0. The zero-order valence-electron chi connectivity index (χ0n) is 15.4. The van der Waals surface area contributed by atoms with Crippen molar-refractivity contribution < 1.29 is 21.6 Å². The summed E-state index contributed by atoms with van der Waals surface area (Å²) >= 11 is 1.73. The van der Waals surface area contributed by atoms with Gasteiger partial charge in [-0.15, -0.1) is 24.0 Å². The van der Waals surface area contributed by atoms with Gasteiger partial charge in [0.05, 0.1) is 0 Å². The SMILES string of the molecule is CN=C(NCC1CCN(S(=O)(=O)C(F)(F)F)CC1)NCC(C)(C)SC.I. The molecule has 1 aliphatic heterocycles. The molecule has 0 aliphatic carbocycles. The van der Waals surface area contributed by atoms with Crippen molar-refractivity contribution in [2.45, 2.75) is 36.9 Å². The lowest BCUT2D eigenvalue weighted by atomic mass is 9.98. The molecule has 0 radical (unpaired) electrons. The summed E-state index contributed by atoms with van der Waals surface area (Å²) in [6.45, 7) is 5.25. The second kappa shape index (κ2) is 10.6. The van der Waals surface area contributed by atoms with Crippen LogP contribution in [0.4, 0.5) is 13.2 Å². The van der Waals surface area contributed by atoms with Crippen molar-refractivity contribution in [3.8, 4) is 0 Å². The van der Waals surface area contributed by atoms with Crippen molar-refractivity contribution in [1.82, 2.24) is 14.9 Å². The van der Waals surface area contributed by atoms with Gasteiger partial charge >= 0.3 is 15.5 Å². The number of hydrogen-bond acceptors (Lipinski definition) is 4. The largest absolute Gasteiger partial charge is 0.511 e. The topological polar surface area (TPSA) is 73.8 Å². The van der Waals surface area contributed by atoms with Crippen molar-refractivity contribution in [3.63, 3.8) is 0 Å². The Bertz CT molecular complexity index is 563. The molecule has 0 spiro atoms. The lowest BCUT2D eigenvalue weighted by molar-refractivity contribution is -0.0496. The molecule has 1 aliphatic rings. The van der Waals surface area contributed by atoms with Gasteiger partial charge in [0.1, 0.15) is 0 Å². The molecule has 0 amide bonds. The van der Waals surface area contributed by atoms with Crippen LogP contribution in [-0.4, -0.2) is 68.4 Å². The van der Waals surface area contributed by atoms with Gasteiger partial charge in [0.15, 0.2) is 5.96 Å². The van der Waals surface area contributed by atoms with E-state index in [0.29, 0.717) is 29.7 Å². The Hall–Kier alpha value is 0.0500. The van der Waals surface area contributed by atoms with Crippen molar-refractivity contribution >= 4 is 51.7 Å². The fourth-order valence-electron chi connectivity index (χ4n) is 2.33. The maximum Gasteiger partial charge on any atom is 0.511 e. The predicted octanol–water partition coefficient (Wildman–Crippen LogP) is 2.47. The van der Waals surface area contributed by atoms with Crippen LogP contribution in [0.5, 0.6) is 0 Å². The van der Waals surface area contributed by atoms with Crippen LogP contribution < -0.4 is 10.6 Å². The van der Waals surface area contributed by atoms with Crippen LogP contribution in [0.3, 0.4) is 0 Å². The highest BCUT2D eigenvalue weighted by molar-refractivity contribution is 14.0. The van der Waals surface area contributed by atoms with E-state index >= 15 is 0 Å². The highest BCUT2D eigenvalue weighted by Crippen LogP contribution is 2.30. The number of thioether (sulfide) groups is 1. The van der Waals surface area contributed by atoms with E-state index in [0.717, 1.165) is 6.54 Å². The summed E-state index contributed by atoms with van der Waals surface area (Å²) in [5, 5.41) is 6.38. The maximum atomic E-state index is 12.6. The minimum atomic E-state index is -5.23. The maximum absolute atomic E-state index is 12.6. The van der Waals surface area contributed by atoms with E-state index in [2.05, 4.69) is 29.5 Å². The molecule has 0 aromatic carbocycles. The Balaban J connectivity index is 0.00000625. The molecule has 1 rings (SSSR count). The molecule has 1 saturated heterocycles. The lowest BCUT2D eigenvalue weighted by Crippen LogP contribution is -2.48. The summed E-state index contributed by atoms with van der Waals surface area (Å²) < 4.78 is 61.0. The minimum absolute atomic E-state index is 0. The first-order valence-electron chi connectivity index (χ1n) is 7.99. The second-order valence-electron chi connectivity index (χ2n) is 6.56. The number of nitrogens with zero attached hydrogens (tertiary/aromatic N) is 2. The highest BCUT2D eigenvalue weighted by Gasteiger charge is 2.50. The van der Waals surface area contributed by atoms with Gasteiger partial charge in [-0.2, -0.15) is 29.2 Å². The summed E-state index contributed by atoms with van der Waals surface area (Å²) in [5.74, 6) is 0.735. The molecule has 0 bridgehead atoms. The number of halogens is 4. The van der Waals surface area contributed by atoms with E-state index in [-0.39, 0.29) is 47.7 Å². The molecule has 1 fully saturated rings. The van der Waals surface area contributed by atoms with Gasteiger partial charge < -0.3 is 10.6 Å². The van der Waals surface area contributed by atoms with Gasteiger partial charge in [-0.25, -0.2) is 8.42 Å². The molecule has 0 atom stereocenters. The number of guanidine groups is 1. The van der Waals surface area contributed by atoms with Crippen LogP contribution in [-0.2, 0) is 10.0 Å². The van der Waals surface area contributed by atoms with Crippen LogP contribution in [0, 0.1) is 5.92 Å². The molecule has 0 aromatic heterocycles. The fraction of sp³-hybridized carbons (Fsp3) is 0.929. The molecule has 6 nitrogen and oxygen atoms in total. The van der Waals surface area contributed by atoms with Crippen molar-refractivity contribution in [2.75, 3.05) is 39.5 Å². The van der Waals surface area contributed by atoms with Crippen LogP contribution in [0.15, 0.2) is 4.99 Å². The van der Waals surface area contributed by atoms with Crippen molar-refractivity contribution in [3.05, 3.63) is 0 Å². The monoisotopic (exact) mass is 532 g/mol. The number of nitrogens with one attached hydrogen (secondary N) is 2. The summed E-state index contributed by atoms with van der Waals surface area (Å²) in [4.78, 5) is 4.13. The van der Waals surface area contributed by atoms with Gasteiger partial charge in [-0.05, 0) is 38.9 Å². The number of sulfonamides is 1. The molecule has 0 unspecified atom stereocenters. The normalized spacial score (nSPS) is 18.3. The predicted molar refractivity (Wildman–Crippen MR) is 112 cm³/mol. The summed E-state index contributed by atoms with van der Waals surface area (Å²) in [6, 6.07) is 0. The van der Waals surface area contributed by atoms with Gasteiger partial charge in [-0.1, -0.05) is 0 Å². The van der Waals surface area contributed by atoms with E-state index in [1.54, 1.807) is 18.8 Å². The molecule has 26 heavy (non-hydrogen) atoms. The van der Waals surface area contributed by atoms with Crippen molar-refractivity contribution in [1.29, 1.82) is 0 Å². The molecule has 0 saturated carbocycles. The first kappa shape index (κ1) is 26.1. The molecule has 156 valence electrons. The van der Waals surface area contributed by atoms with Crippen LogP contribution in [0.2, 0.25) is 0 Å². The van der Waals surface area contributed by atoms with Crippen molar-refractivity contribution in [2.24, 2.45) is 10.9 Å². The quantitative estimate of drug-likeness (QED) is 0.313. The van der Waals surface area contributed by atoms with E-state index in [9.17, 15) is 21.6 Å². The zero-order chi connectivity index (χ0) is 19.3. The van der Waals surface area contributed by atoms with E-state index < -0.39 is 15.5 Å². The third-order valence-electron chi connectivity index (χ3n) is 4.22. The van der Waals surface area contributed by atoms with E-state index in [1.165, 1.54) is 0 Å². The third-order valence-corrected chi connectivity index (χ3v) is 7.10. The molecule has 2 N–H and O–H groups in total. The van der Waals surface area contributed by atoms with Crippen LogP contribution in [0.25, 0.3) is 0 Å². The van der Waals surface area contributed by atoms with E-state index in [4.69, 9.17) is 0 Å². The number of alkyl halides is 3. The molecule has 0 aromatic rings. The standard InChI is InChI=1S/C14H27F3N4O2S2.HI/c1-13(2,24-4)10-20-12(18-3)19-9-11-5-7-21(8-6-11)25(22,23)14(15,16)17;/h11H,5-10H2,1-4H3,(H2,18,19,20);1H. The zero-order valence-corrected chi connectivity index (χ0v) is 19.4. The average Bonchev–Trinajstić information content (AvgIpc) is 2.54. The number of aliphatic imine (C=N–C) groups is 1. The Kier molecular flexibility index (Phi) is 10.6.